The van der Waals surface area contributed by atoms with Crippen LogP contribution in [0.25, 0.3) is 0 Å². The number of aryl methyl sites for hydroxylation is 1. The molecule has 0 saturated carbocycles. The summed E-state index contributed by atoms with van der Waals surface area (Å²) in [5.41, 5.74) is 3.08. The Labute approximate surface area is 128 Å². The highest BCUT2D eigenvalue weighted by atomic mass is 15.1. The second kappa shape index (κ2) is 5.51. The molecule has 22 heavy (non-hydrogen) atoms. The van der Waals surface area contributed by atoms with Crippen molar-refractivity contribution in [2.45, 2.75) is 6.92 Å². The van der Waals surface area contributed by atoms with Crippen molar-refractivity contribution in [3.63, 3.8) is 0 Å². The number of hydrogen-bond acceptors (Lipinski definition) is 4. The van der Waals surface area contributed by atoms with E-state index in [1.807, 2.05) is 67.9 Å². The zero-order chi connectivity index (χ0) is 15.5. The van der Waals surface area contributed by atoms with E-state index < -0.39 is 0 Å². The van der Waals surface area contributed by atoms with Crippen LogP contribution in [0, 0.1) is 29.6 Å². The second-order valence-electron chi connectivity index (χ2n) is 4.83. The van der Waals surface area contributed by atoms with Gasteiger partial charge in [-0.2, -0.15) is 10.5 Å². The molecule has 0 aliphatic carbocycles. The monoisotopic (exact) mass is 286 g/mol. The molecule has 0 fully saturated rings. The van der Waals surface area contributed by atoms with Gasteiger partial charge in [0.25, 0.3) is 0 Å². The number of pyridine rings is 1. The standard InChI is InChI=1S/C17H12N5/c1-12-6-8-22(9-7-12)17-16(13(10-18)11-19)20-14-4-2-3-5-15(14)21-17/h2-9,20H,1H3/q+1. The first kappa shape index (κ1) is 13.5. The van der Waals surface area contributed by atoms with Gasteiger partial charge >= 0.3 is 5.84 Å². The number of allylic oxidation sites excluding steroid dienone is 2. The van der Waals surface area contributed by atoms with Crippen molar-refractivity contribution in [3.8, 4) is 12.1 Å². The van der Waals surface area contributed by atoms with Crippen molar-refractivity contribution in [3.05, 3.63) is 65.6 Å². The zero-order valence-electron chi connectivity index (χ0n) is 11.9. The van der Waals surface area contributed by atoms with Gasteiger partial charge in [0.15, 0.2) is 17.0 Å². The lowest BCUT2D eigenvalue weighted by Crippen LogP contribution is -2.46. The molecule has 0 radical (unpaired) electrons. The number of nitriles is 2. The summed E-state index contributed by atoms with van der Waals surface area (Å²) >= 11 is 0. The van der Waals surface area contributed by atoms with Crippen LogP contribution < -0.4 is 9.88 Å². The average Bonchev–Trinajstić information content (AvgIpc) is 2.56. The van der Waals surface area contributed by atoms with Crippen LogP contribution in [0.1, 0.15) is 5.56 Å². The molecule has 3 rings (SSSR count). The van der Waals surface area contributed by atoms with Crippen LogP contribution >= 0.6 is 0 Å². The number of rotatable bonds is 0. The minimum atomic E-state index is 0.00123. The van der Waals surface area contributed by atoms with Gasteiger partial charge in [0.05, 0.1) is 18.1 Å². The first-order chi connectivity index (χ1) is 10.7. The molecule has 2 aromatic rings. The lowest BCUT2D eigenvalue weighted by molar-refractivity contribution is -0.554. The van der Waals surface area contributed by atoms with E-state index in [4.69, 9.17) is 0 Å². The normalized spacial score (nSPS) is 12.3. The quantitative estimate of drug-likeness (QED) is 0.597. The molecule has 0 unspecified atom stereocenters. The van der Waals surface area contributed by atoms with Crippen LogP contribution in [0.3, 0.4) is 0 Å². The van der Waals surface area contributed by atoms with Gasteiger partial charge in [0.1, 0.15) is 12.1 Å². The van der Waals surface area contributed by atoms with E-state index in [1.54, 1.807) is 4.57 Å². The number of nitrogens with zero attached hydrogens (tertiary/aromatic N) is 4. The highest BCUT2D eigenvalue weighted by Crippen LogP contribution is 2.30. The Morgan fingerprint density at radius 3 is 2.45 bits per heavy atom. The SMILES string of the molecule is Cc1cc[n+](C2=Nc3ccccc3NC2=C(C#N)C#N)cc1. The third kappa shape index (κ3) is 2.32. The number of aliphatic imine (C=N–C) groups is 1. The molecule has 0 bridgehead atoms. The molecular weight excluding hydrogens is 274 g/mol. The summed E-state index contributed by atoms with van der Waals surface area (Å²) < 4.78 is 1.79. The third-order valence-corrected chi connectivity index (χ3v) is 3.33. The number of para-hydroxylation sites is 2. The minimum Gasteiger partial charge on any atom is -0.343 e. The van der Waals surface area contributed by atoms with Gasteiger partial charge in [-0.05, 0) is 41.7 Å². The number of anilines is 1. The summed E-state index contributed by atoms with van der Waals surface area (Å²) in [5.74, 6) is 0.525. The molecule has 104 valence electrons. The Morgan fingerprint density at radius 1 is 1.09 bits per heavy atom. The van der Waals surface area contributed by atoms with Crippen molar-refractivity contribution < 1.29 is 4.57 Å². The predicted molar refractivity (Wildman–Crippen MR) is 82.2 cm³/mol. The lowest BCUT2D eigenvalue weighted by atomic mass is 10.1. The molecule has 1 N–H and O–H groups in total. The Balaban J connectivity index is 2.24. The largest absolute Gasteiger partial charge is 0.354 e. The molecule has 0 spiro atoms. The van der Waals surface area contributed by atoms with Gasteiger partial charge in [-0.3, -0.25) is 0 Å². The smallest absolute Gasteiger partial charge is 0.343 e. The molecule has 1 aromatic heterocycles. The van der Waals surface area contributed by atoms with Crippen LogP contribution in [0.15, 0.2) is 65.1 Å². The summed E-state index contributed by atoms with van der Waals surface area (Å²) in [6.45, 7) is 1.99. The van der Waals surface area contributed by atoms with E-state index in [9.17, 15) is 10.5 Å². The maximum atomic E-state index is 9.20. The molecule has 0 amide bonds. The number of fused-ring (bicyclic) bond motifs is 1. The van der Waals surface area contributed by atoms with Gasteiger partial charge in [-0.25, -0.2) is 4.57 Å². The van der Waals surface area contributed by atoms with E-state index in [0.717, 1.165) is 16.9 Å². The van der Waals surface area contributed by atoms with Crippen LogP contribution in [0.4, 0.5) is 11.4 Å². The van der Waals surface area contributed by atoms with Crippen molar-refractivity contribution in [1.82, 2.24) is 0 Å². The summed E-state index contributed by atoms with van der Waals surface area (Å²) in [4.78, 5) is 4.60. The fourth-order valence-corrected chi connectivity index (χ4v) is 2.18. The van der Waals surface area contributed by atoms with Crippen LogP contribution in [-0.2, 0) is 0 Å². The van der Waals surface area contributed by atoms with E-state index in [1.165, 1.54) is 0 Å². The maximum Gasteiger partial charge on any atom is 0.354 e. The number of benzene rings is 1. The molecule has 2 heterocycles. The summed E-state index contributed by atoms with van der Waals surface area (Å²) in [6, 6.07) is 15.3. The van der Waals surface area contributed by atoms with Gasteiger partial charge in [-0.15, -0.1) is 0 Å². The topological polar surface area (TPSA) is 75.8 Å². The van der Waals surface area contributed by atoms with E-state index in [0.29, 0.717) is 11.5 Å². The van der Waals surface area contributed by atoms with Crippen molar-refractivity contribution in [1.29, 1.82) is 10.5 Å². The van der Waals surface area contributed by atoms with Crippen molar-refractivity contribution >= 4 is 17.2 Å². The van der Waals surface area contributed by atoms with Gasteiger partial charge in [-0.1, -0.05) is 12.1 Å². The predicted octanol–water partition coefficient (Wildman–Crippen LogP) is 2.59. The molecule has 5 heteroatoms. The fraction of sp³-hybridized carbons (Fsp3) is 0.0588. The number of aromatic nitrogens is 1. The minimum absolute atomic E-state index is 0.00123. The maximum absolute atomic E-state index is 9.20. The molecule has 1 aliphatic rings. The molecular formula is C17H12N5+. The van der Waals surface area contributed by atoms with E-state index in [-0.39, 0.29) is 5.57 Å². The van der Waals surface area contributed by atoms with Crippen molar-refractivity contribution in [2.75, 3.05) is 5.32 Å². The Hall–Kier alpha value is -3.44. The Morgan fingerprint density at radius 2 is 1.77 bits per heavy atom. The van der Waals surface area contributed by atoms with Crippen LogP contribution in [-0.4, -0.2) is 5.84 Å². The van der Waals surface area contributed by atoms with Crippen LogP contribution in [0.2, 0.25) is 0 Å². The summed E-state index contributed by atoms with van der Waals surface area (Å²) in [7, 11) is 0. The van der Waals surface area contributed by atoms with E-state index >= 15 is 0 Å². The third-order valence-electron chi connectivity index (χ3n) is 3.33. The Bertz CT molecular complexity index is 861. The van der Waals surface area contributed by atoms with Crippen LogP contribution in [0.5, 0.6) is 0 Å². The highest BCUT2D eigenvalue weighted by molar-refractivity contribution is 6.02. The highest BCUT2D eigenvalue weighted by Gasteiger charge is 2.29. The first-order valence-corrected chi connectivity index (χ1v) is 6.71. The Kier molecular flexibility index (Phi) is 3.39. The molecule has 5 nitrogen and oxygen atoms in total. The van der Waals surface area contributed by atoms with Gasteiger partial charge in [0.2, 0.25) is 0 Å². The molecule has 0 atom stereocenters. The van der Waals surface area contributed by atoms with Crippen molar-refractivity contribution in [2.24, 2.45) is 4.99 Å². The first-order valence-electron chi connectivity index (χ1n) is 6.71. The van der Waals surface area contributed by atoms with Gasteiger partial charge < -0.3 is 5.32 Å². The molecule has 1 aliphatic heterocycles. The number of nitrogens with one attached hydrogen (secondary N) is 1. The second-order valence-corrected chi connectivity index (χ2v) is 4.83. The molecule has 1 aromatic carbocycles. The summed E-state index contributed by atoms with van der Waals surface area (Å²) in [6.07, 6.45) is 3.71. The van der Waals surface area contributed by atoms with E-state index in [2.05, 4.69) is 10.3 Å². The zero-order valence-corrected chi connectivity index (χ0v) is 11.9. The van der Waals surface area contributed by atoms with Gasteiger partial charge in [0, 0.05) is 0 Å². The summed E-state index contributed by atoms with van der Waals surface area (Å²) in [5, 5.41) is 21.5. The molecule has 0 saturated heterocycles. The number of hydrogen-bond donors (Lipinski definition) is 1. The fourth-order valence-electron chi connectivity index (χ4n) is 2.18. The average molecular weight is 286 g/mol. The lowest BCUT2D eigenvalue weighted by Gasteiger charge is -2.14.